The topological polar surface area (TPSA) is 78.5 Å². The Kier molecular flexibility index (Phi) is 4.84. The zero-order valence-electron chi connectivity index (χ0n) is 14.1. The molecule has 0 aliphatic carbocycles. The van der Waals surface area contributed by atoms with Crippen molar-refractivity contribution < 1.29 is 23.2 Å². The van der Waals surface area contributed by atoms with Crippen LogP contribution >= 0.6 is 11.6 Å². The monoisotopic (exact) mass is 393 g/mol. The Bertz CT molecular complexity index is 953. The fraction of sp³-hybridized carbons (Fsp3) is 0.167. The zero-order valence-corrected chi connectivity index (χ0v) is 14.8. The third-order valence-corrected chi connectivity index (χ3v) is 4.52. The predicted octanol–water partition coefficient (Wildman–Crippen LogP) is 3.02. The standard InChI is InChI=1S/C18H14ClF2N3O3/c1-18(11-4-2-3-5-12(11)19)16(26)24(17(27)23-18)9-15(25)22-14-7-6-10(20)8-13(14)21/h2-8H,9H2,1H3,(H,22,25)(H,23,27)/t18-/m1/s1. The Morgan fingerprint density at radius 2 is 1.93 bits per heavy atom. The molecule has 1 heterocycles. The van der Waals surface area contributed by atoms with Gasteiger partial charge in [0.05, 0.1) is 5.69 Å². The van der Waals surface area contributed by atoms with Crippen LogP contribution in [0.15, 0.2) is 42.5 Å². The van der Waals surface area contributed by atoms with Crippen molar-refractivity contribution in [2.24, 2.45) is 0 Å². The summed E-state index contributed by atoms with van der Waals surface area (Å²) < 4.78 is 26.6. The number of nitrogens with zero attached hydrogens (tertiary/aromatic N) is 1. The zero-order chi connectivity index (χ0) is 19.8. The van der Waals surface area contributed by atoms with Crippen molar-refractivity contribution in [3.05, 3.63) is 64.7 Å². The molecule has 9 heteroatoms. The number of carbonyl (C=O) groups excluding carboxylic acids is 3. The molecule has 0 unspecified atom stereocenters. The minimum absolute atomic E-state index is 0.262. The quantitative estimate of drug-likeness (QED) is 0.784. The van der Waals surface area contributed by atoms with Gasteiger partial charge in [0.15, 0.2) is 0 Å². The number of amides is 4. The second-order valence-corrected chi connectivity index (χ2v) is 6.51. The average molecular weight is 394 g/mol. The summed E-state index contributed by atoms with van der Waals surface area (Å²) in [5.74, 6) is -3.25. The van der Waals surface area contributed by atoms with Gasteiger partial charge in [0.1, 0.15) is 23.7 Å². The van der Waals surface area contributed by atoms with Gasteiger partial charge < -0.3 is 10.6 Å². The molecule has 0 radical (unpaired) electrons. The highest BCUT2D eigenvalue weighted by Crippen LogP contribution is 2.33. The molecule has 27 heavy (non-hydrogen) atoms. The predicted molar refractivity (Wildman–Crippen MR) is 94.0 cm³/mol. The average Bonchev–Trinajstić information content (AvgIpc) is 2.82. The van der Waals surface area contributed by atoms with Gasteiger partial charge >= 0.3 is 6.03 Å². The van der Waals surface area contributed by atoms with Crippen molar-refractivity contribution in [2.45, 2.75) is 12.5 Å². The highest BCUT2D eigenvalue weighted by Gasteiger charge is 2.50. The van der Waals surface area contributed by atoms with Crippen LogP contribution in [0.1, 0.15) is 12.5 Å². The number of nitrogens with one attached hydrogen (secondary N) is 2. The lowest BCUT2D eigenvalue weighted by molar-refractivity contribution is -0.133. The van der Waals surface area contributed by atoms with E-state index in [1.165, 1.54) is 6.92 Å². The molecule has 6 nitrogen and oxygen atoms in total. The van der Waals surface area contributed by atoms with Crippen LogP contribution in [0.5, 0.6) is 0 Å². The summed E-state index contributed by atoms with van der Waals surface area (Å²) in [6, 6.07) is 8.36. The lowest BCUT2D eigenvalue weighted by atomic mass is 9.92. The summed E-state index contributed by atoms with van der Waals surface area (Å²) in [7, 11) is 0. The Morgan fingerprint density at radius 1 is 1.22 bits per heavy atom. The second-order valence-electron chi connectivity index (χ2n) is 6.10. The molecule has 1 aliphatic heterocycles. The Balaban J connectivity index is 1.78. The summed E-state index contributed by atoms with van der Waals surface area (Å²) in [5.41, 5.74) is -1.31. The Labute approximate surface area is 158 Å². The van der Waals surface area contributed by atoms with Gasteiger partial charge in [0.25, 0.3) is 5.91 Å². The molecule has 0 aromatic heterocycles. The van der Waals surface area contributed by atoms with E-state index in [-0.39, 0.29) is 10.7 Å². The number of hydrogen-bond acceptors (Lipinski definition) is 3. The maximum absolute atomic E-state index is 13.6. The summed E-state index contributed by atoms with van der Waals surface area (Å²) >= 11 is 6.12. The van der Waals surface area contributed by atoms with Crippen molar-refractivity contribution in [1.82, 2.24) is 10.2 Å². The lowest BCUT2D eigenvalue weighted by Gasteiger charge is -2.23. The van der Waals surface area contributed by atoms with E-state index in [0.717, 1.165) is 12.1 Å². The number of halogens is 3. The van der Waals surface area contributed by atoms with Crippen LogP contribution in [-0.4, -0.2) is 29.3 Å². The SMILES string of the molecule is C[C@]1(c2ccccc2Cl)NC(=O)N(CC(=O)Nc2ccc(F)cc2F)C1=O. The van der Waals surface area contributed by atoms with Crippen LogP contribution < -0.4 is 10.6 Å². The van der Waals surface area contributed by atoms with E-state index < -0.39 is 41.6 Å². The van der Waals surface area contributed by atoms with Crippen LogP contribution in [0.2, 0.25) is 5.02 Å². The molecular formula is C18H14ClF2N3O3. The number of rotatable bonds is 4. The van der Waals surface area contributed by atoms with E-state index in [4.69, 9.17) is 11.6 Å². The molecular weight excluding hydrogens is 380 g/mol. The van der Waals surface area contributed by atoms with Gasteiger partial charge in [0.2, 0.25) is 5.91 Å². The van der Waals surface area contributed by atoms with E-state index in [9.17, 15) is 23.2 Å². The van der Waals surface area contributed by atoms with Gasteiger partial charge in [-0.3, -0.25) is 14.5 Å². The number of anilines is 1. The number of benzene rings is 2. The molecule has 2 aromatic rings. The maximum atomic E-state index is 13.6. The maximum Gasteiger partial charge on any atom is 0.325 e. The first kappa shape index (κ1) is 18.8. The van der Waals surface area contributed by atoms with Crippen LogP contribution in [0.25, 0.3) is 0 Å². The first-order chi connectivity index (χ1) is 12.7. The van der Waals surface area contributed by atoms with Crippen LogP contribution in [0.3, 0.4) is 0 Å². The van der Waals surface area contributed by atoms with E-state index >= 15 is 0 Å². The van der Waals surface area contributed by atoms with E-state index in [2.05, 4.69) is 10.6 Å². The van der Waals surface area contributed by atoms with Crippen molar-refractivity contribution >= 4 is 35.1 Å². The summed E-state index contributed by atoms with van der Waals surface area (Å²) in [5, 5.41) is 5.01. The normalized spacial score (nSPS) is 19.2. The van der Waals surface area contributed by atoms with Gasteiger partial charge in [-0.05, 0) is 25.1 Å². The first-order valence-corrected chi connectivity index (χ1v) is 8.24. The summed E-state index contributed by atoms with van der Waals surface area (Å²) in [4.78, 5) is 37.8. The van der Waals surface area contributed by atoms with Gasteiger partial charge in [0, 0.05) is 16.7 Å². The van der Waals surface area contributed by atoms with Gasteiger partial charge in [-0.25, -0.2) is 13.6 Å². The fourth-order valence-corrected chi connectivity index (χ4v) is 3.14. The van der Waals surface area contributed by atoms with Gasteiger partial charge in [-0.15, -0.1) is 0 Å². The molecule has 0 spiro atoms. The molecule has 140 valence electrons. The van der Waals surface area contributed by atoms with Crippen molar-refractivity contribution in [1.29, 1.82) is 0 Å². The largest absolute Gasteiger partial charge is 0.325 e. The number of hydrogen-bond donors (Lipinski definition) is 2. The third kappa shape index (κ3) is 3.48. The van der Waals surface area contributed by atoms with Crippen LogP contribution in [0.4, 0.5) is 19.3 Å². The van der Waals surface area contributed by atoms with E-state index in [0.29, 0.717) is 16.5 Å². The third-order valence-electron chi connectivity index (χ3n) is 4.19. The second kappa shape index (κ2) is 6.96. The Morgan fingerprint density at radius 3 is 2.59 bits per heavy atom. The molecule has 0 saturated carbocycles. The molecule has 2 aromatic carbocycles. The summed E-state index contributed by atoms with van der Waals surface area (Å²) in [6.07, 6.45) is 0. The smallest absolute Gasteiger partial charge is 0.322 e. The minimum atomic E-state index is -1.43. The van der Waals surface area contributed by atoms with E-state index in [1.807, 2.05) is 0 Å². The van der Waals surface area contributed by atoms with Crippen molar-refractivity contribution in [3.63, 3.8) is 0 Å². The molecule has 1 aliphatic rings. The number of imide groups is 1. The summed E-state index contributed by atoms with van der Waals surface area (Å²) in [6.45, 7) is 0.841. The van der Waals surface area contributed by atoms with Gasteiger partial charge in [-0.2, -0.15) is 0 Å². The van der Waals surface area contributed by atoms with Crippen LogP contribution in [-0.2, 0) is 15.1 Å². The molecule has 0 bridgehead atoms. The Hall–Kier alpha value is -3.00. The number of urea groups is 1. The molecule has 1 fully saturated rings. The highest BCUT2D eigenvalue weighted by atomic mass is 35.5. The molecule has 2 N–H and O–H groups in total. The van der Waals surface area contributed by atoms with Crippen molar-refractivity contribution in [3.8, 4) is 0 Å². The molecule has 1 atom stereocenters. The minimum Gasteiger partial charge on any atom is -0.322 e. The van der Waals surface area contributed by atoms with Crippen molar-refractivity contribution in [2.75, 3.05) is 11.9 Å². The highest BCUT2D eigenvalue weighted by molar-refractivity contribution is 6.32. The first-order valence-electron chi connectivity index (χ1n) is 7.86. The van der Waals surface area contributed by atoms with E-state index in [1.54, 1.807) is 24.3 Å². The molecule has 1 saturated heterocycles. The number of carbonyl (C=O) groups is 3. The van der Waals surface area contributed by atoms with Gasteiger partial charge in [-0.1, -0.05) is 29.8 Å². The van der Waals surface area contributed by atoms with Crippen LogP contribution in [0, 0.1) is 11.6 Å². The lowest BCUT2D eigenvalue weighted by Crippen LogP contribution is -2.42. The molecule has 4 amide bonds. The fourth-order valence-electron chi connectivity index (χ4n) is 2.81. The molecule has 3 rings (SSSR count).